The van der Waals surface area contributed by atoms with Gasteiger partial charge >= 0.3 is 6.18 Å². The second-order valence-corrected chi connectivity index (χ2v) is 8.12. The van der Waals surface area contributed by atoms with Gasteiger partial charge in [-0.1, -0.05) is 36.4 Å². The van der Waals surface area contributed by atoms with Gasteiger partial charge in [0.2, 0.25) is 0 Å². The number of carbonyl (C=O) groups excluding carboxylic acids is 1. The number of amides is 1. The van der Waals surface area contributed by atoms with Crippen LogP contribution in [0.3, 0.4) is 0 Å². The highest BCUT2D eigenvalue weighted by molar-refractivity contribution is 6.05. The van der Waals surface area contributed by atoms with Crippen molar-refractivity contribution in [1.29, 1.82) is 0 Å². The standard InChI is InChI=1S/C27H19F3N4O/c1-16-12-18(17-6-9-20(10-7-17)27(28,29)30)8-11-22(16)26(35)32-21-13-19(14-31-15-21)25-33-23-4-2-3-5-24(23)34-25/h2-15H,1H3,(H,32,35)(H,33,34). The Labute approximate surface area is 198 Å². The SMILES string of the molecule is Cc1cc(-c2ccc(C(F)(F)F)cc2)ccc1C(=O)Nc1cncc(-c2nc3ccccc3[nH]2)c1. The van der Waals surface area contributed by atoms with E-state index in [1.54, 1.807) is 43.6 Å². The molecule has 5 aromatic rings. The molecule has 8 heteroatoms. The van der Waals surface area contributed by atoms with E-state index in [0.717, 1.165) is 34.3 Å². The number of aromatic nitrogens is 3. The van der Waals surface area contributed by atoms with Crippen LogP contribution in [0.5, 0.6) is 0 Å². The molecular weight excluding hydrogens is 453 g/mol. The molecule has 0 unspecified atom stereocenters. The van der Waals surface area contributed by atoms with Crippen molar-refractivity contribution in [2.45, 2.75) is 13.1 Å². The van der Waals surface area contributed by atoms with Gasteiger partial charge in [-0.05, 0) is 60.0 Å². The van der Waals surface area contributed by atoms with E-state index < -0.39 is 11.7 Å². The van der Waals surface area contributed by atoms with Gasteiger partial charge in [-0.3, -0.25) is 9.78 Å². The maximum Gasteiger partial charge on any atom is 0.416 e. The van der Waals surface area contributed by atoms with Gasteiger partial charge in [0.1, 0.15) is 5.82 Å². The summed E-state index contributed by atoms with van der Waals surface area (Å²) >= 11 is 0. The molecule has 2 heterocycles. The monoisotopic (exact) mass is 472 g/mol. The molecule has 0 spiro atoms. The van der Waals surface area contributed by atoms with E-state index in [9.17, 15) is 18.0 Å². The van der Waals surface area contributed by atoms with Crippen LogP contribution in [0.4, 0.5) is 18.9 Å². The minimum absolute atomic E-state index is 0.315. The topological polar surface area (TPSA) is 70.7 Å². The van der Waals surface area contributed by atoms with E-state index >= 15 is 0 Å². The number of halogens is 3. The highest BCUT2D eigenvalue weighted by Gasteiger charge is 2.30. The lowest BCUT2D eigenvalue weighted by Crippen LogP contribution is -2.13. The summed E-state index contributed by atoms with van der Waals surface area (Å²) in [6.45, 7) is 1.78. The van der Waals surface area contributed by atoms with Crippen molar-refractivity contribution in [3.8, 4) is 22.5 Å². The fourth-order valence-corrected chi connectivity index (χ4v) is 3.88. The second-order valence-electron chi connectivity index (χ2n) is 8.12. The first kappa shape index (κ1) is 22.3. The zero-order valence-electron chi connectivity index (χ0n) is 18.5. The Morgan fingerprint density at radius 1 is 0.886 bits per heavy atom. The summed E-state index contributed by atoms with van der Waals surface area (Å²) in [5.41, 5.74) is 4.79. The zero-order chi connectivity index (χ0) is 24.6. The number of aromatic amines is 1. The number of H-pyrrole nitrogens is 1. The summed E-state index contributed by atoms with van der Waals surface area (Å²) in [4.78, 5) is 25.0. The third kappa shape index (κ3) is 4.63. The maximum atomic E-state index is 12.9. The predicted octanol–water partition coefficient (Wildman–Crippen LogP) is 6.87. The van der Waals surface area contributed by atoms with Crippen LogP contribution < -0.4 is 5.32 Å². The highest BCUT2D eigenvalue weighted by Crippen LogP contribution is 2.31. The molecule has 0 saturated heterocycles. The molecule has 174 valence electrons. The first-order valence-electron chi connectivity index (χ1n) is 10.8. The van der Waals surface area contributed by atoms with Gasteiger partial charge in [-0.15, -0.1) is 0 Å². The van der Waals surface area contributed by atoms with Crippen LogP contribution in [-0.4, -0.2) is 20.9 Å². The van der Waals surface area contributed by atoms with Crippen LogP contribution in [0.25, 0.3) is 33.5 Å². The van der Waals surface area contributed by atoms with Crippen molar-refractivity contribution in [2.75, 3.05) is 5.32 Å². The van der Waals surface area contributed by atoms with E-state index in [1.165, 1.54) is 12.1 Å². The van der Waals surface area contributed by atoms with E-state index in [1.807, 2.05) is 24.3 Å². The van der Waals surface area contributed by atoms with Crippen LogP contribution in [0, 0.1) is 6.92 Å². The Morgan fingerprint density at radius 3 is 2.34 bits per heavy atom. The quantitative estimate of drug-likeness (QED) is 0.300. The summed E-state index contributed by atoms with van der Waals surface area (Å²) < 4.78 is 38.5. The molecular formula is C27H19F3N4O. The number of fused-ring (bicyclic) bond motifs is 1. The Bertz CT molecular complexity index is 1510. The van der Waals surface area contributed by atoms with Gasteiger partial charge in [0, 0.05) is 17.3 Å². The van der Waals surface area contributed by atoms with Crippen molar-refractivity contribution in [2.24, 2.45) is 0 Å². The number of hydrogen-bond acceptors (Lipinski definition) is 3. The molecule has 5 nitrogen and oxygen atoms in total. The number of nitrogens with one attached hydrogen (secondary N) is 2. The molecule has 1 amide bonds. The number of anilines is 1. The Morgan fingerprint density at radius 2 is 1.63 bits per heavy atom. The van der Waals surface area contributed by atoms with Crippen molar-refractivity contribution in [1.82, 2.24) is 15.0 Å². The van der Waals surface area contributed by atoms with Crippen molar-refractivity contribution < 1.29 is 18.0 Å². The van der Waals surface area contributed by atoms with Crippen LogP contribution >= 0.6 is 0 Å². The molecule has 0 fully saturated rings. The minimum atomic E-state index is -4.38. The summed E-state index contributed by atoms with van der Waals surface area (Å²) in [7, 11) is 0. The third-order valence-corrected chi connectivity index (χ3v) is 5.68. The summed E-state index contributed by atoms with van der Waals surface area (Å²) in [6, 6.07) is 19.6. The lowest BCUT2D eigenvalue weighted by atomic mass is 9.98. The van der Waals surface area contributed by atoms with E-state index in [2.05, 4.69) is 20.3 Å². The third-order valence-electron chi connectivity index (χ3n) is 5.68. The summed E-state index contributed by atoms with van der Waals surface area (Å²) in [5, 5.41) is 2.86. The molecule has 0 radical (unpaired) electrons. The summed E-state index contributed by atoms with van der Waals surface area (Å²) in [5.74, 6) is 0.330. The molecule has 0 atom stereocenters. The van der Waals surface area contributed by atoms with Gasteiger partial charge in [0.25, 0.3) is 5.91 Å². The van der Waals surface area contributed by atoms with Crippen LogP contribution in [-0.2, 0) is 6.18 Å². The fraction of sp³-hybridized carbons (Fsp3) is 0.0741. The number of nitrogens with zero attached hydrogens (tertiary/aromatic N) is 2. The van der Waals surface area contributed by atoms with Gasteiger partial charge in [0.05, 0.1) is 28.5 Å². The highest BCUT2D eigenvalue weighted by atomic mass is 19.4. The molecule has 3 aromatic carbocycles. The largest absolute Gasteiger partial charge is 0.416 e. The number of aryl methyl sites for hydroxylation is 1. The summed E-state index contributed by atoms with van der Waals surface area (Å²) in [6.07, 6.45) is -1.17. The van der Waals surface area contributed by atoms with Crippen molar-refractivity contribution >= 4 is 22.6 Å². The molecule has 0 aliphatic carbocycles. The molecule has 35 heavy (non-hydrogen) atoms. The first-order valence-corrected chi connectivity index (χ1v) is 10.8. The Hall–Kier alpha value is -4.46. The first-order chi connectivity index (χ1) is 16.8. The van der Waals surface area contributed by atoms with Gasteiger partial charge in [-0.2, -0.15) is 13.2 Å². The lowest BCUT2D eigenvalue weighted by molar-refractivity contribution is -0.137. The molecule has 5 rings (SSSR count). The smallest absolute Gasteiger partial charge is 0.338 e. The minimum Gasteiger partial charge on any atom is -0.338 e. The van der Waals surface area contributed by atoms with Crippen molar-refractivity contribution in [3.63, 3.8) is 0 Å². The molecule has 0 bridgehead atoms. The zero-order valence-corrected chi connectivity index (χ0v) is 18.5. The molecule has 0 aliphatic rings. The Balaban J connectivity index is 1.35. The van der Waals surface area contributed by atoms with E-state index in [4.69, 9.17) is 0 Å². The van der Waals surface area contributed by atoms with Gasteiger partial charge in [0.15, 0.2) is 0 Å². The van der Waals surface area contributed by atoms with Gasteiger partial charge in [-0.25, -0.2) is 4.98 Å². The number of carbonyl (C=O) groups is 1. The number of para-hydroxylation sites is 2. The van der Waals surface area contributed by atoms with Crippen LogP contribution in [0.15, 0.2) is 85.2 Å². The number of imidazole rings is 1. The molecule has 2 N–H and O–H groups in total. The average Bonchev–Trinajstić information content (AvgIpc) is 3.28. The fourth-order valence-electron chi connectivity index (χ4n) is 3.88. The Kier molecular flexibility index (Phi) is 5.56. The number of benzene rings is 3. The van der Waals surface area contributed by atoms with Crippen LogP contribution in [0.2, 0.25) is 0 Å². The normalized spacial score (nSPS) is 11.5. The van der Waals surface area contributed by atoms with Gasteiger partial charge < -0.3 is 10.3 Å². The van der Waals surface area contributed by atoms with Crippen molar-refractivity contribution in [3.05, 3.63) is 102 Å². The maximum absolute atomic E-state index is 12.9. The molecule has 2 aromatic heterocycles. The predicted molar refractivity (Wildman–Crippen MR) is 129 cm³/mol. The number of rotatable bonds is 4. The van der Waals surface area contributed by atoms with E-state index in [0.29, 0.717) is 28.2 Å². The number of pyridine rings is 1. The second kappa shape index (κ2) is 8.72. The van der Waals surface area contributed by atoms with E-state index in [-0.39, 0.29) is 5.91 Å². The molecule has 0 saturated carbocycles. The molecule has 0 aliphatic heterocycles. The lowest BCUT2D eigenvalue weighted by Gasteiger charge is -2.11. The van der Waals surface area contributed by atoms with Crippen LogP contribution in [0.1, 0.15) is 21.5 Å². The number of hydrogen-bond donors (Lipinski definition) is 2. The number of alkyl halides is 3. The average molecular weight is 472 g/mol.